The molecule has 2 aliphatic rings. The molecule has 4 heteroatoms. The first-order valence-corrected chi connectivity index (χ1v) is 7.04. The maximum Gasteiger partial charge on any atom is 0.128 e. The van der Waals surface area contributed by atoms with Gasteiger partial charge in [-0.3, -0.25) is 4.90 Å². The van der Waals surface area contributed by atoms with Gasteiger partial charge in [-0.1, -0.05) is 12.8 Å². The summed E-state index contributed by atoms with van der Waals surface area (Å²) in [5.74, 6) is -0.785. The number of rotatable bonds is 2. The van der Waals surface area contributed by atoms with Crippen molar-refractivity contribution in [2.24, 2.45) is 0 Å². The van der Waals surface area contributed by atoms with Crippen molar-refractivity contribution in [1.82, 2.24) is 4.90 Å². The molecular weight excluding hydrogens is 248 g/mol. The van der Waals surface area contributed by atoms with Crippen LogP contribution < -0.4 is 0 Å². The fourth-order valence-corrected chi connectivity index (χ4v) is 3.55. The molecule has 1 saturated carbocycles. The number of aliphatic hydroxyl groups excluding tert-OH is 1. The molecule has 2 atom stereocenters. The molecule has 1 aliphatic carbocycles. The predicted octanol–water partition coefficient (Wildman–Crippen LogP) is 3.02. The fraction of sp³-hybridized carbons (Fsp3) is 0.600. The molecule has 2 fully saturated rings. The Hall–Kier alpha value is -1.00. The molecule has 1 saturated heterocycles. The Morgan fingerprint density at radius 3 is 2.63 bits per heavy atom. The number of likely N-dealkylation sites (tertiary alicyclic amines) is 1. The van der Waals surface area contributed by atoms with Gasteiger partial charge in [0.1, 0.15) is 11.6 Å². The van der Waals surface area contributed by atoms with Crippen LogP contribution in [0.2, 0.25) is 0 Å². The van der Waals surface area contributed by atoms with Crippen molar-refractivity contribution < 1.29 is 13.9 Å². The fourth-order valence-electron chi connectivity index (χ4n) is 3.55. The summed E-state index contributed by atoms with van der Waals surface area (Å²) >= 11 is 0. The molecule has 104 valence electrons. The highest BCUT2D eigenvalue weighted by molar-refractivity contribution is 5.24. The van der Waals surface area contributed by atoms with Gasteiger partial charge < -0.3 is 5.11 Å². The Bertz CT molecular complexity index is 459. The van der Waals surface area contributed by atoms with Crippen molar-refractivity contribution >= 4 is 0 Å². The number of benzene rings is 1. The standard InChI is InChI=1S/C15H19F2NO/c16-10-5-6-14(17)13(7-10)15-8-12(19)9-18(15)11-3-1-2-4-11/h5-7,11-12,15,19H,1-4,8-9H2. The van der Waals surface area contributed by atoms with E-state index in [1.54, 1.807) is 0 Å². The molecule has 2 nitrogen and oxygen atoms in total. The summed E-state index contributed by atoms with van der Waals surface area (Å²) in [6.07, 6.45) is 4.64. The molecule has 19 heavy (non-hydrogen) atoms. The van der Waals surface area contributed by atoms with E-state index in [4.69, 9.17) is 0 Å². The summed E-state index contributed by atoms with van der Waals surface area (Å²) in [4.78, 5) is 2.18. The van der Waals surface area contributed by atoms with Crippen molar-refractivity contribution in [3.63, 3.8) is 0 Å². The third-order valence-electron chi connectivity index (χ3n) is 4.43. The smallest absolute Gasteiger partial charge is 0.128 e. The van der Waals surface area contributed by atoms with Crippen molar-refractivity contribution in [2.45, 2.75) is 50.3 Å². The first kappa shape index (κ1) is 13.0. The quantitative estimate of drug-likeness (QED) is 0.890. The third kappa shape index (κ3) is 2.51. The number of β-amino-alcohol motifs (C(OH)–C–C–N with tert-alkyl or cyclic N) is 1. The second-order valence-electron chi connectivity index (χ2n) is 5.71. The Labute approximate surface area is 112 Å². The molecule has 1 aromatic rings. The van der Waals surface area contributed by atoms with E-state index in [-0.39, 0.29) is 11.9 Å². The van der Waals surface area contributed by atoms with Crippen LogP contribution in [0.4, 0.5) is 8.78 Å². The molecule has 0 amide bonds. The highest BCUT2D eigenvalue weighted by Crippen LogP contribution is 2.39. The normalized spacial score (nSPS) is 29.2. The van der Waals surface area contributed by atoms with E-state index in [1.165, 1.54) is 25.0 Å². The van der Waals surface area contributed by atoms with Crippen LogP contribution in [0, 0.1) is 11.6 Å². The van der Waals surface area contributed by atoms with Crippen LogP contribution in [0.15, 0.2) is 18.2 Å². The molecular formula is C15H19F2NO. The second-order valence-corrected chi connectivity index (χ2v) is 5.71. The van der Waals surface area contributed by atoms with Crippen LogP contribution in [0.25, 0.3) is 0 Å². The summed E-state index contributed by atoms with van der Waals surface area (Å²) < 4.78 is 27.3. The van der Waals surface area contributed by atoms with Crippen molar-refractivity contribution in [3.05, 3.63) is 35.4 Å². The topological polar surface area (TPSA) is 23.5 Å². The first-order valence-electron chi connectivity index (χ1n) is 7.04. The zero-order chi connectivity index (χ0) is 13.4. The van der Waals surface area contributed by atoms with Crippen LogP contribution in [0.5, 0.6) is 0 Å². The number of aliphatic hydroxyl groups is 1. The van der Waals surface area contributed by atoms with Gasteiger partial charge in [0.25, 0.3) is 0 Å². The Morgan fingerprint density at radius 2 is 1.89 bits per heavy atom. The van der Waals surface area contributed by atoms with E-state index in [0.29, 0.717) is 24.6 Å². The lowest BCUT2D eigenvalue weighted by molar-refractivity contribution is 0.147. The van der Waals surface area contributed by atoms with E-state index in [9.17, 15) is 13.9 Å². The molecule has 0 bridgehead atoms. The van der Waals surface area contributed by atoms with Gasteiger partial charge in [-0.2, -0.15) is 0 Å². The van der Waals surface area contributed by atoms with Gasteiger partial charge >= 0.3 is 0 Å². The zero-order valence-electron chi connectivity index (χ0n) is 10.9. The molecule has 2 unspecified atom stereocenters. The predicted molar refractivity (Wildman–Crippen MR) is 68.7 cm³/mol. The number of hydrogen-bond acceptors (Lipinski definition) is 2. The van der Waals surface area contributed by atoms with Crippen LogP contribution in [0.1, 0.15) is 43.7 Å². The Kier molecular flexibility index (Phi) is 3.54. The average Bonchev–Trinajstić information content (AvgIpc) is 3.00. The van der Waals surface area contributed by atoms with Gasteiger partial charge in [-0.15, -0.1) is 0 Å². The van der Waals surface area contributed by atoms with Gasteiger partial charge in [0, 0.05) is 24.2 Å². The Morgan fingerprint density at radius 1 is 1.16 bits per heavy atom. The molecule has 0 radical (unpaired) electrons. The molecule has 0 spiro atoms. The lowest BCUT2D eigenvalue weighted by Crippen LogP contribution is -2.34. The van der Waals surface area contributed by atoms with E-state index in [0.717, 1.165) is 18.9 Å². The SMILES string of the molecule is OC1CC(c2cc(F)ccc2F)N(C2CCCC2)C1. The second kappa shape index (κ2) is 5.17. The number of halogens is 2. The minimum atomic E-state index is -0.437. The number of hydrogen-bond donors (Lipinski definition) is 1. The summed E-state index contributed by atoms with van der Waals surface area (Å²) in [5, 5.41) is 9.89. The number of nitrogens with zero attached hydrogens (tertiary/aromatic N) is 1. The maximum atomic E-state index is 13.9. The van der Waals surface area contributed by atoms with Crippen molar-refractivity contribution in [3.8, 4) is 0 Å². The summed E-state index contributed by atoms with van der Waals surface area (Å²) in [5.41, 5.74) is 0.392. The average molecular weight is 267 g/mol. The van der Waals surface area contributed by atoms with Gasteiger partial charge in [-0.25, -0.2) is 8.78 Å². The molecule has 1 aromatic carbocycles. The molecule has 3 rings (SSSR count). The lowest BCUT2D eigenvalue weighted by Gasteiger charge is -2.30. The van der Waals surface area contributed by atoms with Crippen LogP contribution in [-0.4, -0.2) is 28.7 Å². The molecule has 1 aliphatic heterocycles. The molecule has 1 N–H and O–H groups in total. The van der Waals surface area contributed by atoms with Crippen LogP contribution in [0.3, 0.4) is 0 Å². The maximum absolute atomic E-state index is 13.9. The summed E-state index contributed by atoms with van der Waals surface area (Å²) in [6.45, 7) is 0.575. The monoisotopic (exact) mass is 267 g/mol. The van der Waals surface area contributed by atoms with E-state index < -0.39 is 11.9 Å². The van der Waals surface area contributed by atoms with Crippen LogP contribution in [-0.2, 0) is 0 Å². The van der Waals surface area contributed by atoms with Crippen LogP contribution >= 0.6 is 0 Å². The summed E-state index contributed by atoms with van der Waals surface area (Å²) in [7, 11) is 0. The first-order chi connectivity index (χ1) is 9.15. The van der Waals surface area contributed by atoms with E-state index in [2.05, 4.69) is 4.90 Å². The minimum absolute atomic E-state index is 0.186. The van der Waals surface area contributed by atoms with E-state index in [1.807, 2.05) is 0 Å². The molecule has 1 heterocycles. The highest BCUT2D eigenvalue weighted by Gasteiger charge is 2.38. The van der Waals surface area contributed by atoms with Gasteiger partial charge in [0.05, 0.1) is 6.10 Å². The minimum Gasteiger partial charge on any atom is -0.392 e. The lowest BCUT2D eigenvalue weighted by atomic mass is 10.0. The molecule has 0 aromatic heterocycles. The van der Waals surface area contributed by atoms with Crippen molar-refractivity contribution in [1.29, 1.82) is 0 Å². The third-order valence-corrected chi connectivity index (χ3v) is 4.43. The summed E-state index contributed by atoms with van der Waals surface area (Å²) in [6, 6.07) is 3.82. The largest absolute Gasteiger partial charge is 0.392 e. The Balaban J connectivity index is 1.90. The van der Waals surface area contributed by atoms with Gasteiger partial charge in [0.2, 0.25) is 0 Å². The highest BCUT2D eigenvalue weighted by atomic mass is 19.1. The van der Waals surface area contributed by atoms with Gasteiger partial charge in [-0.05, 0) is 37.5 Å². The van der Waals surface area contributed by atoms with E-state index >= 15 is 0 Å². The zero-order valence-corrected chi connectivity index (χ0v) is 10.9. The van der Waals surface area contributed by atoms with Gasteiger partial charge in [0.15, 0.2) is 0 Å². The van der Waals surface area contributed by atoms with Crippen molar-refractivity contribution in [2.75, 3.05) is 6.54 Å².